The number of aromatic nitrogens is 1. The Hall–Kier alpha value is -2.93. The number of sulfonamides is 1. The van der Waals surface area contributed by atoms with E-state index in [2.05, 4.69) is 4.99 Å². The molecule has 36 heavy (non-hydrogen) atoms. The predicted octanol–water partition coefficient (Wildman–Crippen LogP) is 2.94. The van der Waals surface area contributed by atoms with Crippen molar-refractivity contribution in [3.63, 3.8) is 0 Å². The number of morpholine rings is 1. The lowest BCUT2D eigenvalue weighted by Gasteiger charge is -2.34. The first-order valence-electron chi connectivity index (χ1n) is 11.4. The highest BCUT2D eigenvalue weighted by Gasteiger charge is 2.32. The van der Waals surface area contributed by atoms with Crippen molar-refractivity contribution in [1.82, 2.24) is 8.87 Å². The van der Waals surface area contributed by atoms with E-state index in [1.807, 2.05) is 13.8 Å². The number of thiazole rings is 1. The fourth-order valence-corrected chi connectivity index (χ4v) is 6.68. The molecular weight excluding hydrogens is 509 g/mol. The van der Waals surface area contributed by atoms with Gasteiger partial charge in [-0.3, -0.25) is 9.59 Å². The van der Waals surface area contributed by atoms with Crippen LogP contribution in [0.25, 0.3) is 10.2 Å². The number of carbonyl (C=O) groups excluding carboxylic acids is 2. The van der Waals surface area contributed by atoms with Crippen LogP contribution in [0.1, 0.15) is 31.1 Å². The van der Waals surface area contributed by atoms with Crippen molar-refractivity contribution in [3.05, 3.63) is 58.6 Å². The van der Waals surface area contributed by atoms with Gasteiger partial charge in [-0.25, -0.2) is 12.8 Å². The predicted molar refractivity (Wildman–Crippen MR) is 132 cm³/mol. The largest absolute Gasteiger partial charge is 0.465 e. The van der Waals surface area contributed by atoms with E-state index in [0.717, 1.165) is 11.3 Å². The van der Waals surface area contributed by atoms with Crippen molar-refractivity contribution < 1.29 is 31.9 Å². The van der Waals surface area contributed by atoms with Crippen LogP contribution in [0.15, 0.2) is 52.4 Å². The van der Waals surface area contributed by atoms with Crippen molar-refractivity contribution in [2.75, 3.05) is 19.7 Å². The van der Waals surface area contributed by atoms with Gasteiger partial charge in [-0.15, -0.1) is 0 Å². The van der Waals surface area contributed by atoms with Crippen molar-refractivity contribution in [2.24, 2.45) is 4.99 Å². The van der Waals surface area contributed by atoms with Gasteiger partial charge >= 0.3 is 5.97 Å². The Bertz CT molecular complexity index is 1450. The van der Waals surface area contributed by atoms with Gasteiger partial charge in [-0.05, 0) is 57.2 Å². The quantitative estimate of drug-likeness (QED) is 0.449. The van der Waals surface area contributed by atoms with E-state index in [1.165, 1.54) is 45.3 Å². The first-order valence-corrected chi connectivity index (χ1v) is 13.6. The van der Waals surface area contributed by atoms with E-state index in [4.69, 9.17) is 9.47 Å². The molecule has 1 aromatic heterocycles. The summed E-state index contributed by atoms with van der Waals surface area (Å²) >= 11 is 1.06. The summed E-state index contributed by atoms with van der Waals surface area (Å²) in [7, 11) is -3.76. The third kappa shape index (κ3) is 5.41. The zero-order valence-electron chi connectivity index (χ0n) is 20.0. The molecule has 1 saturated heterocycles. The molecule has 2 atom stereocenters. The number of amides is 1. The summed E-state index contributed by atoms with van der Waals surface area (Å²) in [6, 6.07) is 9.95. The number of rotatable bonds is 6. The molecule has 0 bridgehead atoms. The molecule has 0 N–H and O–H groups in total. The van der Waals surface area contributed by atoms with E-state index < -0.39 is 27.7 Å². The lowest BCUT2D eigenvalue weighted by molar-refractivity contribution is -0.143. The Kier molecular flexibility index (Phi) is 7.69. The number of nitrogens with zero attached hydrogens (tertiary/aromatic N) is 3. The molecule has 192 valence electrons. The SMILES string of the molecule is CCOC(=O)Cn1c(=NC(=O)c2ccc(S(=O)(=O)N3CC(C)OC(C)C3)cc2)sc2cccc(F)c21. The molecule has 1 amide bonds. The summed E-state index contributed by atoms with van der Waals surface area (Å²) < 4.78 is 54.5. The van der Waals surface area contributed by atoms with Gasteiger partial charge in [0.1, 0.15) is 12.4 Å². The number of benzene rings is 2. The number of fused-ring (bicyclic) bond motifs is 1. The Morgan fingerprint density at radius 3 is 2.44 bits per heavy atom. The Morgan fingerprint density at radius 2 is 1.81 bits per heavy atom. The molecule has 9 nitrogen and oxygen atoms in total. The van der Waals surface area contributed by atoms with Crippen LogP contribution in [-0.4, -0.2) is 61.1 Å². The summed E-state index contributed by atoms with van der Waals surface area (Å²) in [5.74, 6) is -1.80. The minimum Gasteiger partial charge on any atom is -0.465 e. The van der Waals surface area contributed by atoms with Crippen molar-refractivity contribution in [3.8, 4) is 0 Å². The van der Waals surface area contributed by atoms with Crippen LogP contribution in [-0.2, 0) is 30.8 Å². The smallest absolute Gasteiger partial charge is 0.326 e. The maximum absolute atomic E-state index is 14.6. The highest BCUT2D eigenvalue weighted by atomic mass is 32.2. The Balaban J connectivity index is 1.65. The van der Waals surface area contributed by atoms with E-state index >= 15 is 0 Å². The zero-order chi connectivity index (χ0) is 26.0. The number of halogens is 1. The van der Waals surface area contributed by atoms with Gasteiger partial charge in [0.05, 0.1) is 33.9 Å². The van der Waals surface area contributed by atoms with Gasteiger partial charge in [0.15, 0.2) is 4.80 Å². The molecule has 4 rings (SSSR count). The topological polar surface area (TPSA) is 107 Å². The Labute approximate surface area is 211 Å². The fraction of sp³-hybridized carbons (Fsp3) is 0.375. The summed E-state index contributed by atoms with van der Waals surface area (Å²) in [6.07, 6.45) is -0.453. The van der Waals surface area contributed by atoms with Gasteiger partial charge < -0.3 is 14.0 Å². The summed E-state index contributed by atoms with van der Waals surface area (Å²) in [4.78, 5) is 29.3. The van der Waals surface area contributed by atoms with Crippen molar-refractivity contribution in [2.45, 2.75) is 44.4 Å². The molecule has 2 heterocycles. The molecule has 3 aromatic rings. The lowest BCUT2D eigenvalue weighted by atomic mass is 10.2. The van der Waals surface area contributed by atoms with Crippen LogP contribution in [0.5, 0.6) is 0 Å². The fourth-order valence-electron chi connectivity index (χ4n) is 4.05. The van der Waals surface area contributed by atoms with Gasteiger partial charge in [0.25, 0.3) is 5.91 Å². The Morgan fingerprint density at radius 1 is 1.14 bits per heavy atom. The van der Waals surface area contributed by atoms with Crippen LogP contribution >= 0.6 is 11.3 Å². The van der Waals surface area contributed by atoms with Crippen LogP contribution in [0.2, 0.25) is 0 Å². The van der Waals surface area contributed by atoms with E-state index in [1.54, 1.807) is 13.0 Å². The van der Waals surface area contributed by atoms with Gasteiger partial charge in [0, 0.05) is 18.7 Å². The molecule has 1 aliphatic heterocycles. The number of para-hydroxylation sites is 1. The third-order valence-electron chi connectivity index (χ3n) is 5.57. The standard InChI is InChI=1S/C24H26FN3O6S2/c1-4-33-21(29)14-28-22-19(25)6-5-7-20(22)35-24(28)26-23(30)17-8-10-18(11-9-17)36(31,32)27-12-15(2)34-16(3)13-27/h5-11,15-16H,4,12-14H2,1-3H3. The van der Waals surface area contributed by atoms with Gasteiger partial charge in [0.2, 0.25) is 10.0 Å². The molecule has 1 aliphatic rings. The van der Waals surface area contributed by atoms with Crippen LogP contribution < -0.4 is 4.80 Å². The second-order valence-electron chi connectivity index (χ2n) is 8.38. The first-order chi connectivity index (χ1) is 17.1. The number of hydrogen-bond donors (Lipinski definition) is 0. The lowest BCUT2D eigenvalue weighted by Crippen LogP contribution is -2.48. The molecule has 0 radical (unpaired) electrons. The van der Waals surface area contributed by atoms with Crippen LogP contribution in [0, 0.1) is 5.82 Å². The summed E-state index contributed by atoms with van der Waals surface area (Å²) in [6.45, 7) is 5.62. The monoisotopic (exact) mass is 535 g/mol. The van der Waals surface area contributed by atoms with Crippen molar-refractivity contribution in [1.29, 1.82) is 0 Å². The zero-order valence-corrected chi connectivity index (χ0v) is 21.6. The second kappa shape index (κ2) is 10.6. The van der Waals surface area contributed by atoms with Gasteiger partial charge in [-0.1, -0.05) is 17.4 Å². The number of carbonyl (C=O) groups is 2. The average Bonchev–Trinajstić information content (AvgIpc) is 3.16. The minimum atomic E-state index is -3.76. The number of hydrogen-bond acceptors (Lipinski definition) is 7. The normalized spacial score (nSPS) is 19.5. The maximum atomic E-state index is 14.6. The molecule has 2 aromatic carbocycles. The maximum Gasteiger partial charge on any atom is 0.326 e. The highest BCUT2D eigenvalue weighted by Crippen LogP contribution is 2.23. The highest BCUT2D eigenvalue weighted by molar-refractivity contribution is 7.89. The molecule has 0 aliphatic carbocycles. The molecule has 0 spiro atoms. The molecular formula is C24H26FN3O6S2. The van der Waals surface area contributed by atoms with E-state index in [0.29, 0.717) is 4.70 Å². The van der Waals surface area contributed by atoms with Crippen molar-refractivity contribution >= 4 is 43.5 Å². The molecule has 1 fully saturated rings. The van der Waals surface area contributed by atoms with Gasteiger partial charge in [-0.2, -0.15) is 9.30 Å². The van der Waals surface area contributed by atoms with E-state index in [-0.39, 0.29) is 59.2 Å². The number of esters is 1. The van der Waals surface area contributed by atoms with E-state index in [9.17, 15) is 22.4 Å². The van der Waals surface area contributed by atoms with Crippen LogP contribution in [0.4, 0.5) is 4.39 Å². The van der Waals surface area contributed by atoms with Crippen LogP contribution in [0.3, 0.4) is 0 Å². The minimum absolute atomic E-state index is 0.0571. The summed E-state index contributed by atoms with van der Waals surface area (Å²) in [5.41, 5.74) is 0.302. The molecule has 0 saturated carbocycles. The molecule has 12 heteroatoms. The average molecular weight is 536 g/mol. The summed E-state index contributed by atoms with van der Waals surface area (Å²) in [5, 5.41) is 0. The third-order valence-corrected chi connectivity index (χ3v) is 8.46. The molecule has 2 unspecified atom stereocenters. The first kappa shape index (κ1) is 26.1. The number of ether oxygens (including phenoxy) is 2. The second-order valence-corrected chi connectivity index (χ2v) is 11.3.